The summed E-state index contributed by atoms with van der Waals surface area (Å²) in [5, 5.41) is 14.4. The van der Waals surface area contributed by atoms with E-state index < -0.39 is 0 Å². The van der Waals surface area contributed by atoms with Gasteiger partial charge in [0.25, 0.3) is 0 Å². The molecule has 0 spiro atoms. The summed E-state index contributed by atoms with van der Waals surface area (Å²) in [6.45, 7) is 0. The number of aromatic nitrogens is 3. The summed E-state index contributed by atoms with van der Waals surface area (Å²) in [5.41, 5.74) is 1.46. The van der Waals surface area contributed by atoms with Crippen molar-refractivity contribution >= 4 is 34.7 Å². The molecule has 0 saturated heterocycles. The van der Waals surface area contributed by atoms with Gasteiger partial charge in [-0.2, -0.15) is 10.1 Å². The van der Waals surface area contributed by atoms with Crippen molar-refractivity contribution in [2.24, 2.45) is 0 Å². The smallest absolute Gasteiger partial charge is 0.249 e. The van der Waals surface area contributed by atoms with Gasteiger partial charge in [-0.3, -0.25) is 0 Å². The van der Waals surface area contributed by atoms with Crippen LogP contribution in [0.5, 0.6) is 0 Å². The van der Waals surface area contributed by atoms with Gasteiger partial charge in [-0.05, 0) is 42.5 Å². The van der Waals surface area contributed by atoms with Crippen molar-refractivity contribution in [1.82, 2.24) is 15.2 Å². The number of anilines is 4. The van der Waals surface area contributed by atoms with E-state index in [-0.39, 0.29) is 5.82 Å². The van der Waals surface area contributed by atoms with Gasteiger partial charge in [-0.25, -0.2) is 4.39 Å². The molecule has 0 aliphatic rings. The van der Waals surface area contributed by atoms with Gasteiger partial charge in [0, 0.05) is 16.4 Å². The molecular formula is C15H11ClFN5. The molecule has 5 nitrogen and oxygen atoms in total. The first-order valence-electron chi connectivity index (χ1n) is 6.44. The van der Waals surface area contributed by atoms with Gasteiger partial charge in [0.2, 0.25) is 5.95 Å². The fourth-order valence-electron chi connectivity index (χ4n) is 1.79. The van der Waals surface area contributed by atoms with Crippen molar-refractivity contribution in [3.05, 3.63) is 65.6 Å². The molecule has 2 aromatic carbocycles. The normalized spacial score (nSPS) is 10.3. The molecule has 0 unspecified atom stereocenters. The first-order valence-corrected chi connectivity index (χ1v) is 6.82. The second-order valence-corrected chi connectivity index (χ2v) is 4.87. The van der Waals surface area contributed by atoms with E-state index in [0.717, 1.165) is 5.69 Å². The third-order valence-corrected chi connectivity index (χ3v) is 2.99. The highest BCUT2D eigenvalue weighted by molar-refractivity contribution is 6.30. The summed E-state index contributed by atoms with van der Waals surface area (Å²) in [5.74, 6) is 0.515. The number of hydrogen-bond acceptors (Lipinski definition) is 5. The largest absolute Gasteiger partial charge is 0.339 e. The Morgan fingerprint density at radius 1 is 0.955 bits per heavy atom. The maximum atomic E-state index is 12.9. The molecule has 110 valence electrons. The summed E-state index contributed by atoms with van der Waals surface area (Å²) >= 11 is 5.93. The molecule has 0 atom stereocenters. The summed E-state index contributed by atoms with van der Waals surface area (Å²) in [6, 6.07) is 13.1. The fraction of sp³-hybridized carbons (Fsp3) is 0. The molecule has 0 fully saturated rings. The molecule has 0 amide bonds. The van der Waals surface area contributed by atoms with E-state index >= 15 is 0 Å². The third-order valence-electron chi connectivity index (χ3n) is 2.76. The minimum absolute atomic E-state index is 0.304. The molecule has 7 heteroatoms. The van der Waals surface area contributed by atoms with Gasteiger partial charge in [-0.15, -0.1) is 5.10 Å². The number of nitrogens with zero attached hydrogens (tertiary/aromatic N) is 3. The molecule has 1 heterocycles. The zero-order valence-corrected chi connectivity index (χ0v) is 12.0. The first kappa shape index (κ1) is 14.2. The van der Waals surface area contributed by atoms with Crippen LogP contribution in [-0.4, -0.2) is 15.2 Å². The summed E-state index contributed by atoms with van der Waals surface area (Å²) in [6.07, 6.45) is 1.50. The molecule has 3 aromatic rings. The second kappa shape index (κ2) is 6.36. The van der Waals surface area contributed by atoms with Crippen molar-refractivity contribution in [3.63, 3.8) is 0 Å². The first-order chi connectivity index (χ1) is 10.7. The summed E-state index contributed by atoms with van der Waals surface area (Å²) in [4.78, 5) is 4.28. The van der Waals surface area contributed by atoms with Crippen LogP contribution in [0, 0.1) is 5.82 Å². The Labute approximate surface area is 131 Å². The number of benzene rings is 2. The molecule has 22 heavy (non-hydrogen) atoms. The molecule has 0 saturated carbocycles. The summed E-state index contributed by atoms with van der Waals surface area (Å²) in [7, 11) is 0. The van der Waals surface area contributed by atoms with Crippen molar-refractivity contribution in [2.75, 3.05) is 10.6 Å². The van der Waals surface area contributed by atoms with Crippen LogP contribution in [0.15, 0.2) is 54.7 Å². The van der Waals surface area contributed by atoms with Gasteiger partial charge in [0.05, 0.1) is 6.20 Å². The van der Waals surface area contributed by atoms with Gasteiger partial charge in [0.1, 0.15) is 5.82 Å². The zero-order chi connectivity index (χ0) is 15.4. The molecular weight excluding hydrogens is 305 g/mol. The lowest BCUT2D eigenvalue weighted by Gasteiger charge is -2.08. The van der Waals surface area contributed by atoms with E-state index in [9.17, 15) is 4.39 Å². The van der Waals surface area contributed by atoms with Crippen LogP contribution in [0.1, 0.15) is 0 Å². The van der Waals surface area contributed by atoms with Crippen LogP contribution < -0.4 is 10.6 Å². The molecule has 0 radical (unpaired) electrons. The Balaban J connectivity index is 1.76. The molecule has 0 bridgehead atoms. The molecule has 2 N–H and O–H groups in total. The van der Waals surface area contributed by atoms with Crippen LogP contribution >= 0.6 is 11.6 Å². The molecule has 3 rings (SSSR count). The average molecular weight is 316 g/mol. The summed E-state index contributed by atoms with van der Waals surface area (Å²) < 4.78 is 12.9. The van der Waals surface area contributed by atoms with E-state index in [0.29, 0.717) is 22.5 Å². The van der Waals surface area contributed by atoms with Gasteiger partial charge >= 0.3 is 0 Å². The minimum Gasteiger partial charge on any atom is -0.339 e. The second-order valence-electron chi connectivity index (χ2n) is 4.43. The SMILES string of the molecule is Fc1ccc(Nc2nncc(Nc3cccc(Cl)c3)n2)cc1. The quantitative estimate of drug-likeness (QED) is 0.757. The maximum absolute atomic E-state index is 12.9. The zero-order valence-electron chi connectivity index (χ0n) is 11.3. The van der Waals surface area contributed by atoms with Crippen LogP contribution in [0.2, 0.25) is 5.02 Å². The number of halogens is 2. The Morgan fingerprint density at radius 2 is 1.77 bits per heavy atom. The maximum Gasteiger partial charge on any atom is 0.249 e. The van der Waals surface area contributed by atoms with Gasteiger partial charge in [0.15, 0.2) is 5.82 Å². The average Bonchev–Trinajstić information content (AvgIpc) is 2.50. The minimum atomic E-state index is -0.305. The standard InChI is InChI=1S/C15H11ClFN5/c16-10-2-1-3-13(8-10)19-14-9-18-22-15(21-14)20-12-6-4-11(17)5-7-12/h1-9H,(H2,19,20,21,22). The topological polar surface area (TPSA) is 62.7 Å². The number of nitrogens with one attached hydrogen (secondary N) is 2. The predicted octanol–water partition coefficient (Wildman–Crippen LogP) is 4.15. The van der Waals surface area contributed by atoms with Crippen LogP contribution in [-0.2, 0) is 0 Å². The number of rotatable bonds is 4. The van der Waals surface area contributed by atoms with Crippen LogP contribution in [0.4, 0.5) is 27.5 Å². The van der Waals surface area contributed by atoms with E-state index in [1.54, 1.807) is 24.3 Å². The van der Waals surface area contributed by atoms with Crippen LogP contribution in [0.3, 0.4) is 0 Å². The molecule has 1 aromatic heterocycles. The fourth-order valence-corrected chi connectivity index (χ4v) is 1.98. The highest BCUT2D eigenvalue weighted by Crippen LogP contribution is 2.19. The highest BCUT2D eigenvalue weighted by atomic mass is 35.5. The Kier molecular flexibility index (Phi) is 4.11. The van der Waals surface area contributed by atoms with Crippen molar-refractivity contribution in [3.8, 4) is 0 Å². The van der Waals surface area contributed by atoms with E-state index in [4.69, 9.17) is 11.6 Å². The van der Waals surface area contributed by atoms with E-state index in [1.165, 1.54) is 18.3 Å². The molecule has 0 aliphatic heterocycles. The number of hydrogen-bond donors (Lipinski definition) is 2. The Morgan fingerprint density at radius 3 is 2.55 bits per heavy atom. The van der Waals surface area contributed by atoms with Crippen molar-refractivity contribution < 1.29 is 4.39 Å². The lowest BCUT2D eigenvalue weighted by Crippen LogP contribution is -2.02. The van der Waals surface area contributed by atoms with Gasteiger partial charge in [-0.1, -0.05) is 17.7 Å². The van der Waals surface area contributed by atoms with Gasteiger partial charge < -0.3 is 10.6 Å². The monoisotopic (exact) mass is 315 g/mol. The lowest BCUT2D eigenvalue weighted by atomic mass is 10.3. The Hall–Kier alpha value is -2.73. The lowest BCUT2D eigenvalue weighted by molar-refractivity contribution is 0.628. The highest BCUT2D eigenvalue weighted by Gasteiger charge is 2.03. The predicted molar refractivity (Wildman–Crippen MR) is 84.2 cm³/mol. The van der Waals surface area contributed by atoms with Crippen LogP contribution in [0.25, 0.3) is 0 Å². The van der Waals surface area contributed by atoms with Crippen molar-refractivity contribution in [1.29, 1.82) is 0 Å². The van der Waals surface area contributed by atoms with E-state index in [2.05, 4.69) is 25.8 Å². The Bertz CT molecular complexity index is 779. The third kappa shape index (κ3) is 3.67. The van der Waals surface area contributed by atoms with Crippen molar-refractivity contribution in [2.45, 2.75) is 0 Å². The van der Waals surface area contributed by atoms with E-state index in [1.807, 2.05) is 12.1 Å². The molecule has 0 aliphatic carbocycles.